The molecule has 2 rings (SSSR count). The molecule has 0 spiro atoms. The van der Waals surface area contributed by atoms with Crippen LogP contribution in [-0.2, 0) is 13.1 Å². The van der Waals surface area contributed by atoms with Crippen LogP contribution in [0.3, 0.4) is 0 Å². The minimum atomic E-state index is -0.446. The van der Waals surface area contributed by atoms with Gasteiger partial charge in [-0.3, -0.25) is 0 Å². The molecule has 1 heterocycles. The van der Waals surface area contributed by atoms with Crippen molar-refractivity contribution in [3.05, 3.63) is 40.5 Å². The zero-order chi connectivity index (χ0) is 12.3. The number of nitrogens with two attached hydrogens (primary N) is 1. The molecule has 0 unspecified atom stereocenters. The molecule has 1 aromatic carbocycles. The standard InChI is InChI=1S/C10H10ClFN4O/c11-7-3-6(1-2-8(7)12)5-14-10-16-15-9(4-13)17-10/h1-3H,4-5,13H2,(H,14,16). The van der Waals surface area contributed by atoms with E-state index in [0.29, 0.717) is 12.4 Å². The Morgan fingerprint density at radius 1 is 1.41 bits per heavy atom. The van der Waals surface area contributed by atoms with E-state index in [4.69, 9.17) is 21.8 Å². The first kappa shape index (κ1) is 11.8. The van der Waals surface area contributed by atoms with E-state index in [1.807, 2.05) is 0 Å². The molecule has 0 aliphatic heterocycles. The average molecular weight is 257 g/mol. The Morgan fingerprint density at radius 2 is 2.24 bits per heavy atom. The summed E-state index contributed by atoms with van der Waals surface area (Å²) >= 11 is 5.65. The SMILES string of the molecule is NCc1nnc(NCc2ccc(F)c(Cl)c2)o1. The Morgan fingerprint density at radius 3 is 2.88 bits per heavy atom. The van der Waals surface area contributed by atoms with Crippen molar-refractivity contribution in [3.8, 4) is 0 Å². The highest BCUT2D eigenvalue weighted by Crippen LogP contribution is 2.16. The second-order valence-corrected chi connectivity index (χ2v) is 3.71. The lowest BCUT2D eigenvalue weighted by Gasteiger charge is -2.02. The number of rotatable bonds is 4. The number of nitrogens with zero attached hydrogens (tertiary/aromatic N) is 2. The minimum Gasteiger partial charge on any atom is -0.407 e. The molecular formula is C10H10ClFN4O. The molecule has 0 aliphatic carbocycles. The van der Waals surface area contributed by atoms with Gasteiger partial charge >= 0.3 is 6.01 Å². The third-order valence-corrected chi connectivity index (χ3v) is 2.36. The van der Waals surface area contributed by atoms with Crippen molar-refractivity contribution >= 4 is 17.6 Å². The monoisotopic (exact) mass is 256 g/mol. The summed E-state index contributed by atoms with van der Waals surface area (Å²) in [5, 5.41) is 10.4. The van der Waals surface area contributed by atoms with Crippen LogP contribution in [0.1, 0.15) is 11.5 Å². The largest absolute Gasteiger partial charge is 0.407 e. The van der Waals surface area contributed by atoms with Crippen LogP contribution < -0.4 is 11.1 Å². The summed E-state index contributed by atoms with van der Waals surface area (Å²) in [6.45, 7) is 0.600. The Hall–Kier alpha value is -1.66. The van der Waals surface area contributed by atoms with Crippen LogP contribution in [0.2, 0.25) is 5.02 Å². The Balaban J connectivity index is 1.99. The predicted molar refractivity (Wildman–Crippen MR) is 60.9 cm³/mol. The van der Waals surface area contributed by atoms with Gasteiger partial charge < -0.3 is 15.5 Å². The van der Waals surface area contributed by atoms with Crippen LogP contribution in [0.5, 0.6) is 0 Å². The topological polar surface area (TPSA) is 77.0 Å². The van der Waals surface area contributed by atoms with Crippen LogP contribution in [0.25, 0.3) is 0 Å². The second kappa shape index (κ2) is 5.11. The van der Waals surface area contributed by atoms with E-state index in [0.717, 1.165) is 5.56 Å². The molecule has 0 atom stereocenters. The fourth-order valence-electron chi connectivity index (χ4n) is 1.23. The number of nitrogens with one attached hydrogen (secondary N) is 1. The molecule has 0 fully saturated rings. The fourth-order valence-corrected chi connectivity index (χ4v) is 1.44. The van der Waals surface area contributed by atoms with E-state index in [-0.39, 0.29) is 17.6 Å². The van der Waals surface area contributed by atoms with E-state index in [1.165, 1.54) is 12.1 Å². The van der Waals surface area contributed by atoms with Crippen LogP contribution >= 0.6 is 11.6 Å². The van der Waals surface area contributed by atoms with Gasteiger partial charge in [0.1, 0.15) is 5.82 Å². The maximum atomic E-state index is 12.9. The van der Waals surface area contributed by atoms with Crippen LogP contribution in [0, 0.1) is 5.82 Å². The molecule has 0 bridgehead atoms. The number of anilines is 1. The molecule has 17 heavy (non-hydrogen) atoms. The molecule has 0 radical (unpaired) electrons. The molecule has 0 aliphatic rings. The van der Waals surface area contributed by atoms with Crippen LogP contribution in [0.4, 0.5) is 10.4 Å². The van der Waals surface area contributed by atoms with Crippen molar-refractivity contribution < 1.29 is 8.81 Å². The summed E-state index contributed by atoms with van der Waals surface area (Å²) in [6, 6.07) is 4.72. The lowest BCUT2D eigenvalue weighted by atomic mass is 10.2. The first-order valence-corrected chi connectivity index (χ1v) is 5.27. The van der Waals surface area contributed by atoms with Gasteiger partial charge in [-0.05, 0) is 17.7 Å². The maximum absolute atomic E-state index is 12.9. The predicted octanol–water partition coefficient (Wildman–Crippen LogP) is 1.93. The highest BCUT2D eigenvalue weighted by Gasteiger charge is 2.05. The number of benzene rings is 1. The van der Waals surface area contributed by atoms with E-state index < -0.39 is 5.82 Å². The fraction of sp³-hybridized carbons (Fsp3) is 0.200. The van der Waals surface area contributed by atoms with Gasteiger partial charge in [-0.25, -0.2) is 4.39 Å². The van der Waals surface area contributed by atoms with Gasteiger partial charge in [0.25, 0.3) is 0 Å². The molecule has 0 saturated carbocycles. The van der Waals surface area contributed by atoms with E-state index in [2.05, 4.69) is 15.5 Å². The second-order valence-electron chi connectivity index (χ2n) is 3.31. The van der Waals surface area contributed by atoms with Gasteiger partial charge in [-0.1, -0.05) is 22.8 Å². The van der Waals surface area contributed by atoms with Crippen LogP contribution in [0.15, 0.2) is 22.6 Å². The maximum Gasteiger partial charge on any atom is 0.315 e. The molecule has 0 saturated heterocycles. The third kappa shape index (κ3) is 2.92. The number of aromatic nitrogens is 2. The van der Waals surface area contributed by atoms with Gasteiger partial charge in [0.2, 0.25) is 5.89 Å². The first-order valence-electron chi connectivity index (χ1n) is 4.89. The van der Waals surface area contributed by atoms with Gasteiger partial charge in [0, 0.05) is 6.54 Å². The van der Waals surface area contributed by atoms with Crippen molar-refractivity contribution in [1.29, 1.82) is 0 Å². The smallest absolute Gasteiger partial charge is 0.315 e. The zero-order valence-corrected chi connectivity index (χ0v) is 9.54. The lowest BCUT2D eigenvalue weighted by Crippen LogP contribution is -2.00. The third-order valence-electron chi connectivity index (χ3n) is 2.07. The Labute approximate surface area is 102 Å². The molecule has 5 nitrogen and oxygen atoms in total. The first-order chi connectivity index (χ1) is 8.19. The highest BCUT2D eigenvalue weighted by atomic mass is 35.5. The molecule has 0 amide bonds. The zero-order valence-electron chi connectivity index (χ0n) is 8.78. The number of hydrogen-bond donors (Lipinski definition) is 2. The highest BCUT2D eigenvalue weighted by molar-refractivity contribution is 6.30. The summed E-state index contributed by atoms with van der Waals surface area (Å²) in [4.78, 5) is 0. The summed E-state index contributed by atoms with van der Waals surface area (Å²) in [7, 11) is 0. The van der Waals surface area contributed by atoms with Crippen molar-refractivity contribution in [2.75, 3.05) is 5.32 Å². The van der Waals surface area contributed by atoms with Gasteiger partial charge in [0.15, 0.2) is 0 Å². The minimum absolute atomic E-state index is 0.0810. The van der Waals surface area contributed by atoms with Crippen molar-refractivity contribution in [2.45, 2.75) is 13.1 Å². The molecule has 3 N–H and O–H groups in total. The molecular weight excluding hydrogens is 247 g/mol. The summed E-state index contributed by atoms with van der Waals surface area (Å²) in [6.07, 6.45) is 0. The molecule has 7 heteroatoms. The van der Waals surface area contributed by atoms with Crippen LogP contribution in [-0.4, -0.2) is 10.2 Å². The number of halogens is 2. The molecule has 90 valence electrons. The van der Waals surface area contributed by atoms with E-state index >= 15 is 0 Å². The van der Waals surface area contributed by atoms with Crippen molar-refractivity contribution in [1.82, 2.24) is 10.2 Å². The quantitative estimate of drug-likeness (QED) is 0.874. The van der Waals surface area contributed by atoms with E-state index in [9.17, 15) is 4.39 Å². The number of hydrogen-bond acceptors (Lipinski definition) is 5. The average Bonchev–Trinajstić information content (AvgIpc) is 2.79. The van der Waals surface area contributed by atoms with Gasteiger partial charge in [0.05, 0.1) is 11.6 Å². The summed E-state index contributed by atoms with van der Waals surface area (Å²) < 4.78 is 18.0. The van der Waals surface area contributed by atoms with Gasteiger partial charge in [-0.2, -0.15) is 0 Å². The Kier molecular flexibility index (Phi) is 3.55. The lowest BCUT2D eigenvalue weighted by molar-refractivity contribution is 0.507. The van der Waals surface area contributed by atoms with Crippen molar-refractivity contribution in [2.24, 2.45) is 5.73 Å². The van der Waals surface area contributed by atoms with Crippen molar-refractivity contribution in [3.63, 3.8) is 0 Å². The summed E-state index contributed by atoms with van der Waals surface area (Å²) in [5.74, 6) is -0.0942. The summed E-state index contributed by atoms with van der Waals surface area (Å²) in [5.41, 5.74) is 6.13. The Bertz CT molecular complexity index is 517. The molecule has 2 aromatic rings. The van der Waals surface area contributed by atoms with E-state index in [1.54, 1.807) is 6.07 Å². The molecule has 1 aromatic heterocycles. The van der Waals surface area contributed by atoms with Gasteiger partial charge in [-0.15, -0.1) is 5.10 Å². The normalized spacial score (nSPS) is 10.5.